The number of piperidine rings is 1. The minimum Gasteiger partial charge on any atom is -0.337 e. The van der Waals surface area contributed by atoms with Crippen LogP contribution in [-0.4, -0.2) is 41.1 Å². The van der Waals surface area contributed by atoms with E-state index in [0.717, 1.165) is 36.4 Å². The lowest BCUT2D eigenvalue weighted by atomic mass is 10.0. The van der Waals surface area contributed by atoms with Gasteiger partial charge in [-0.2, -0.15) is 0 Å². The van der Waals surface area contributed by atoms with Crippen molar-refractivity contribution in [2.24, 2.45) is 5.73 Å². The number of thioether (sulfide) groups is 1. The number of halogens is 1. The van der Waals surface area contributed by atoms with E-state index in [9.17, 15) is 9.59 Å². The second-order valence-electron chi connectivity index (χ2n) is 5.88. The molecule has 0 saturated carbocycles. The van der Waals surface area contributed by atoms with Gasteiger partial charge in [-0.3, -0.25) is 9.59 Å². The van der Waals surface area contributed by atoms with Gasteiger partial charge in [0.1, 0.15) is 0 Å². The van der Waals surface area contributed by atoms with Crippen molar-refractivity contribution in [2.75, 3.05) is 18.4 Å². The van der Waals surface area contributed by atoms with Crippen LogP contribution < -0.4 is 11.1 Å². The second-order valence-corrected chi connectivity index (χ2v) is 7.30. The van der Waals surface area contributed by atoms with Gasteiger partial charge in [0.25, 0.3) is 0 Å². The number of hydrogen-bond acceptors (Lipinski definition) is 4. The molecule has 2 amide bonds. The number of carbonyl (C=O) groups excluding carboxylic acids is 2. The molecule has 134 valence electrons. The summed E-state index contributed by atoms with van der Waals surface area (Å²) in [6.07, 6.45) is 3.22. The van der Waals surface area contributed by atoms with E-state index in [2.05, 4.69) is 5.32 Å². The highest BCUT2D eigenvalue weighted by Crippen LogP contribution is 2.27. The third-order valence-corrected chi connectivity index (χ3v) is 5.12. The summed E-state index contributed by atoms with van der Waals surface area (Å²) in [5.74, 6) is 0.0722. The Hall–Kier alpha value is -1.24. The van der Waals surface area contributed by atoms with Gasteiger partial charge < -0.3 is 16.0 Å². The third kappa shape index (κ3) is 5.69. The first-order valence-corrected chi connectivity index (χ1v) is 8.94. The van der Waals surface area contributed by atoms with Crippen molar-refractivity contribution in [2.45, 2.75) is 49.3 Å². The predicted molar refractivity (Wildman–Crippen MR) is 102 cm³/mol. The Morgan fingerprint density at radius 1 is 1.33 bits per heavy atom. The van der Waals surface area contributed by atoms with Crippen molar-refractivity contribution in [3.8, 4) is 0 Å². The minimum absolute atomic E-state index is 0. The van der Waals surface area contributed by atoms with Crippen molar-refractivity contribution < 1.29 is 9.59 Å². The lowest BCUT2D eigenvalue weighted by Gasteiger charge is -2.36. The lowest BCUT2D eigenvalue weighted by molar-refractivity contribution is -0.133. The van der Waals surface area contributed by atoms with Crippen molar-refractivity contribution in [1.29, 1.82) is 0 Å². The Labute approximate surface area is 154 Å². The number of benzene rings is 1. The molecule has 0 bridgehead atoms. The van der Waals surface area contributed by atoms with Gasteiger partial charge in [-0.15, -0.1) is 24.2 Å². The van der Waals surface area contributed by atoms with Crippen LogP contribution in [0.2, 0.25) is 0 Å². The fourth-order valence-corrected chi connectivity index (χ4v) is 3.78. The van der Waals surface area contributed by atoms with E-state index in [0.29, 0.717) is 6.54 Å². The van der Waals surface area contributed by atoms with Crippen LogP contribution in [0.4, 0.5) is 5.69 Å². The maximum atomic E-state index is 12.7. The molecule has 0 spiro atoms. The highest BCUT2D eigenvalue weighted by atomic mass is 35.5. The number of nitrogens with one attached hydrogen (secondary N) is 1. The first kappa shape index (κ1) is 20.8. The number of amides is 2. The summed E-state index contributed by atoms with van der Waals surface area (Å²) in [6, 6.07) is 7.74. The SMILES string of the molecule is CC(=O)Nc1ccc(SC(C)C(=O)N2CCCCC2CN)cc1.Cl. The van der Waals surface area contributed by atoms with Gasteiger partial charge in [0.05, 0.1) is 5.25 Å². The summed E-state index contributed by atoms with van der Waals surface area (Å²) in [5, 5.41) is 2.59. The van der Waals surface area contributed by atoms with Gasteiger partial charge in [-0.25, -0.2) is 0 Å². The zero-order valence-corrected chi connectivity index (χ0v) is 15.8. The second kappa shape index (κ2) is 9.91. The Morgan fingerprint density at radius 3 is 2.58 bits per heavy atom. The van der Waals surface area contributed by atoms with Gasteiger partial charge >= 0.3 is 0 Å². The summed E-state index contributed by atoms with van der Waals surface area (Å²) in [4.78, 5) is 26.7. The molecule has 0 aromatic heterocycles. The number of likely N-dealkylation sites (tertiary alicyclic amines) is 1. The molecule has 1 saturated heterocycles. The van der Waals surface area contributed by atoms with Gasteiger partial charge in [0.15, 0.2) is 0 Å². The van der Waals surface area contributed by atoms with Gasteiger partial charge in [-0.05, 0) is 50.5 Å². The standard InChI is InChI=1S/C17H25N3O2S.ClH/c1-12(17(22)20-10-4-3-5-15(20)11-18)23-16-8-6-14(7-9-16)19-13(2)21;/h6-9,12,15H,3-5,10-11,18H2,1-2H3,(H,19,21);1H. The van der Waals surface area contributed by atoms with E-state index in [1.807, 2.05) is 36.1 Å². The van der Waals surface area contributed by atoms with Gasteiger partial charge in [0.2, 0.25) is 11.8 Å². The summed E-state index contributed by atoms with van der Waals surface area (Å²) in [7, 11) is 0. The highest BCUT2D eigenvalue weighted by Gasteiger charge is 2.29. The summed E-state index contributed by atoms with van der Waals surface area (Å²) in [6.45, 7) is 4.77. The zero-order chi connectivity index (χ0) is 16.8. The Kier molecular flexibility index (Phi) is 8.59. The van der Waals surface area contributed by atoms with Crippen LogP contribution in [-0.2, 0) is 9.59 Å². The van der Waals surface area contributed by atoms with E-state index in [1.165, 1.54) is 6.92 Å². The largest absolute Gasteiger partial charge is 0.337 e. The smallest absolute Gasteiger partial charge is 0.236 e. The Balaban J connectivity index is 0.00000288. The summed E-state index contributed by atoms with van der Waals surface area (Å²) < 4.78 is 0. The number of rotatable bonds is 5. The fraction of sp³-hybridized carbons (Fsp3) is 0.529. The Morgan fingerprint density at radius 2 is 2.00 bits per heavy atom. The third-order valence-electron chi connectivity index (χ3n) is 4.02. The van der Waals surface area contributed by atoms with Crippen LogP contribution in [0.25, 0.3) is 0 Å². The molecule has 2 unspecified atom stereocenters. The van der Waals surface area contributed by atoms with Crippen molar-refractivity contribution in [1.82, 2.24) is 4.90 Å². The van der Waals surface area contributed by atoms with E-state index in [-0.39, 0.29) is 35.5 Å². The minimum atomic E-state index is -0.145. The number of anilines is 1. The molecule has 1 aromatic carbocycles. The molecule has 1 aliphatic heterocycles. The zero-order valence-electron chi connectivity index (χ0n) is 14.2. The average molecular weight is 372 g/mol. The Bertz CT molecular complexity index is 553. The molecule has 2 rings (SSSR count). The van der Waals surface area contributed by atoms with E-state index >= 15 is 0 Å². The molecule has 0 radical (unpaired) electrons. The molecule has 1 fully saturated rings. The summed E-state index contributed by atoms with van der Waals surface area (Å²) in [5.41, 5.74) is 6.57. The molecule has 3 N–H and O–H groups in total. The van der Waals surface area contributed by atoms with Crippen molar-refractivity contribution >= 4 is 41.7 Å². The van der Waals surface area contributed by atoms with E-state index in [4.69, 9.17) is 5.73 Å². The number of nitrogens with zero attached hydrogens (tertiary/aromatic N) is 1. The van der Waals surface area contributed by atoms with E-state index < -0.39 is 0 Å². The van der Waals surface area contributed by atoms with Gasteiger partial charge in [-0.1, -0.05) is 0 Å². The van der Waals surface area contributed by atoms with Crippen LogP contribution >= 0.6 is 24.2 Å². The molecule has 2 atom stereocenters. The topological polar surface area (TPSA) is 75.4 Å². The van der Waals surface area contributed by atoms with Crippen LogP contribution in [0, 0.1) is 0 Å². The predicted octanol–water partition coefficient (Wildman–Crippen LogP) is 2.89. The van der Waals surface area contributed by atoms with Crippen LogP contribution in [0.1, 0.15) is 33.1 Å². The molecule has 1 aromatic rings. The maximum Gasteiger partial charge on any atom is 0.236 e. The van der Waals surface area contributed by atoms with Gasteiger partial charge in [0, 0.05) is 36.6 Å². The molecule has 1 aliphatic rings. The maximum absolute atomic E-state index is 12.7. The number of hydrogen-bond donors (Lipinski definition) is 2. The normalized spacial score (nSPS) is 18.5. The van der Waals surface area contributed by atoms with E-state index in [1.54, 1.807) is 11.8 Å². The molecule has 1 heterocycles. The monoisotopic (exact) mass is 371 g/mol. The number of nitrogens with two attached hydrogens (primary N) is 1. The number of carbonyl (C=O) groups is 2. The molecular formula is C17H26ClN3O2S. The fourth-order valence-electron chi connectivity index (χ4n) is 2.84. The van der Waals surface area contributed by atoms with Crippen LogP contribution in [0.5, 0.6) is 0 Å². The highest BCUT2D eigenvalue weighted by molar-refractivity contribution is 8.00. The lowest BCUT2D eigenvalue weighted by Crippen LogP contribution is -2.49. The molecule has 7 heteroatoms. The summed E-state index contributed by atoms with van der Waals surface area (Å²) >= 11 is 1.54. The van der Waals surface area contributed by atoms with Crippen LogP contribution in [0.15, 0.2) is 29.2 Å². The first-order chi connectivity index (χ1) is 11.0. The van der Waals surface area contributed by atoms with Crippen molar-refractivity contribution in [3.63, 3.8) is 0 Å². The molecule has 0 aliphatic carbocycles. The van der Waals surface area contributed by atoms with Crippen molar-refractivity contribution in [3.05, 3.63) is 24.3 Å². The molecule has 24 heavy (non-hydrogen) atoms. The molecular weight excluding hydrogens is 346 g/mol. The first-order valence-electron chi connectivity index (χ1n) is 8.06. The van der Waals surface area contributed by atoms with Crippen LogP contribution in [0.3, 0.4) is 0 Å². The average Bonchev–Trinajstić information content (AvgIpc) is 2.55. The quantitative estimate of drug-likeness (QED) is 0.780. The molecule has 5 nitrogen and oxygen atoms in total.